The summed E-state index contributed by atoms with van der Waals surface area (Å²) in [4.78, 5) is 14.9. The van der Waals surface area contributed by atoms with E-state index in [-0.39, 0.29) is 5.91 Å². The Kier molecular flexibility index (Phi) is 7.53. The molecule has 1 saturated heterocycles. The molecule has 2 aromatic carbocycles. The Bertz CT molecular complexity index is 783. The van der Waals surface area contributed by atoms with Gasteiger partial charge in [0.05, 0.1) is 0 Å². The molecule has 1 atom stereocenters. The third kappa shape index (κ3) is 6.23. The standard InChI is InChI=1S/C24H32N2O3/c1-4-22(29-23-8-6-5-7-18(23)2)24(27)25-17-19-9-11-20(12-10-19)28-21-13-15-26(3)16-14-21/h5-12,21-22H,4,13-17H2,1-3H3,(H,25,27)/t22-/m1/s1. The molecule has 0 aromatic heterocycles. The highest BCUT2D eigenvalue weighted by Gasteiger charge is 2.19. The zero-order chi connectivity index (χ0) is 20.6. The molecule has 1 aliphatic rings. The Balaban J connectivity index is 1.48. The van der Waals surface area contributed by atoms with Gasteiger partial charge >= 0.3 is 0 Å². The molecule has 3 rings (SSSR count). The van der Waals surface area contributed by atoms with E-state index in [0.29, 0.717) is 19.1 Å². The van der Waals surface area contributed by atoms with Crippen LogP contribution in [-0.4, -0.2) is 43.2 Å². The fourth-order valence-electron chi connectivity index (χ4n) is 3.45. The van der Waals surface area contributed by atoms with Crippen molar-refractivity contribution in [3.05, 3.63) is 59.7 Å². The predicted octanol–water partition coefficient (Wildman–Crippen LogP) is 3.94. The summed E-state index contributed by atoms with van der Waals surface area (Å²) in [5, 5.41) is 2.99. The number of carbonyl (C=O) groups excluding carboxylic acids is 1. The van der Waals surface area contributed by atoms with Gasteiger partial charge in [0.2, 0.25) is 0 Å². The van der Waals surface area contributed by atoms with Crippen LogP contribution in [0.3, 0.4) is 0 Å². The monoisotopic (exact) mass is 396 g/mol. The molecule has 1 fully saturated rings. The van der Waals surface area contributed by atoms with Gasteiger partial charge in [-0.3, -0.25) is 4.79 Å². The summed E-state index contributed by atoms with van der Waals surface area (Å²) in [6.45, 7) is 6.57. The lowest BCUT2D eigenvalue weighted by Crippen LogP contribution is -2.37. The Morgan fingerprint density at radius 1 is 1.14 bits per heavy atom. The van der Waals surface area contributed by atoms with Crippen molar-refractivity contribution < 1.29 is 14.3 Å². The average Bonchev–Trinajstić information content (AvgIpc) is 2.74. The smallest absolute Gasteiger partial charge is 0.261 e. The normalized spacial score (nSPS) is 16.2. The second-order valence-electron chi connectivity index (χ2n) is 7.76. The van der Waals surface area contributed by atoms with Crippen LogP contribution in [0.2, 0.25) is 0 Å². The molecule has 0 saturated carbocycles. The lowest BCUT2D eigenvalue weighted by Gasteiger charge is -2.29. The molecule has 0 radical (unpaired) electrons. The van der Waals surface area contributed by atoms with Crippen molar-refractivity contribution in [2.24, 2.45) is 0 Å². The quantitative estimate of drug-likeness (QED) is 0.734. The second-order valence-corrected chi connectivity index (χ2v) is 7.76. The fraction of sp³-hybridized carbons (Fsp3) is 0.458. The molecule has 2 aromatic rings. The molecule has 1 heterocycles. The summed E-state index contributed by atoms with van der Waals surface area (Å²) in [5.41, 5.74) is 2.07. The van der Waals surface area contributed by atoms with Crippen molar-refractivity contribution in [1.29, 1.82) is 0 Å². The number of hydrogen-bond donors (Lipinski definition) is 1. The van der Waals surface area contributed by atoms with E-state index < -0.39 is 6.10 Å². The maximum Gasteiger partial charge on any atom is 0.261 e. The SMILES string of the molecule is CC[C@@H](Oc1ccccc1C)C(=O)NCc1ccc(OC2CCN(C)CC2)cc1. The molecule has 29 heavy (non-hydrogen) atoms. The van der Waals surface area contributed by atoms with E-state index in [2.05, 4.69) is 17.3 Å². The molecule has 1 N–H and O–H groups in total. The van der Waals surface area contributed by atoms with Crippen molar-refractivity contribution in [3.8, 4) is 11.5 Å². The van der Waals surface area contributed by atoms with E-state index in [0.717, 1.165) is 48.6 Å². The highest BCUT2D eigenvalue weighted by molar-refractivity contribution is 5.81. The van der Waals surface area contributed by atoms with Crippen LogP contribution in [0.1, 0.15) is 37.3 Å². The number of hydrogen-bond acceptors (Lipinski definition) is 4. The first-order chi connectivity index (χ1) is 14.0. The summed E-state index contributed by atoms with van der Waals surface area (Å²) in [5.74, 6) is 1.55. The summed E-state index contributed by atoms with van der Waals surface area (Å²) < 4.78 is 12.0. The van der Waals surface area contributed by atoms with E-state index in [1.807, 2.05) is 62.4 Å². The van der Waals surface area contributed by atoms with Crippen LogP contribution >= 0.6 is 0 Å². The number of benzene rings is 2. The number of nitrogens with one attached hydrogen (secondary N) is 1. The zero-order valence-electron chi connectivity index (χ0n) is 17.7. The van der Waals surface area contributed by atoms with E-state index in [9.17, 15) is 4.79 Å². The maximum atomic E-state index is 12.6. The first-order valence-electron chi connectivity index (χ1n) is 10.5. The van der Waals surface area contributed by atoms with Crippen LogP contribution in [0.25, 0.3) is 0 Å². The van der Waals surface area contributed by atoms with Crippen molar-refractivity contribution in [3.63, 3.8) is 0 Å². The van der Waals surface area contributed by atoms with Gasteiger partial charge in [0.1, 0.15) is 17.6 Å². The van der Waals surface area contributed by atoms with Crippen molar-refractivity contribution in [1.82, 2.24) is 10.2 Å². The maximum absolute atomic E-state index is 12.6. The van der Waals surface area contributed by atoms with Gasteiger partial charge in [-0.05, 0) is 62.6 Å². The molecule has 1 aliphatic heterocycles. The van der Waals surface area contributed by atoms with Gasteiger partial charge in [-0.1, -0.05) is 37.3 Å². The van der Waals surface area contributed by atoms with Crippen molar-refractivity contribution in [2.75, 3.05) is 20.1 Å². The Hall–Kier alpha value is -2.53. The Morgan fingerprint density at radius 3 is 2.48 bits per heavy atom. The minimum Gasteiger partial charge on any atom is -0.490 e. The minimum atomic E-state index is -0.497. The topological polar surface area (TPSA) is 50.8 Å². The third-order valence-electron chi connectivity index (χ3n) is 5.38. The molecule has 0 spiro atoms. The number of para-hydroxylation sites is 1. The summed E-state index contributed by atoms with van der Waals surface area (Å²) in [6.07, 6.45) is 2.54. The van der Waals surface area contributed by atoms with Gasteiger partial charge < -0.3 is 19.7 Å². The molecule has 0 bridgehead atoms. The molecule has 156 valence electrons. The molecule has 5 nitrogen and oxygen atoms in total. The number of likely N-dealkylation sites (tertiary alicyclic amines) is 1. The van der Waals surface area contributed by atoms with Crippen LogP contribution in [0.5, 0.6) is 11.5 Å². The lowest BCUT2D eigenvalue weighted by atomic mass is 10.1. The Labute approximate surface area is 174 Å². The zero-order valence-corrected chi connectivity index (χ0v) is 17.7. The van der Waals surface area contributed by atoms with Crippen LogP contribution in [-0.2, 0) is 11.3 Å². The number of amides is 1. The van der Waals surface area contributed by atoms with Crippen LogP contribution < -0.4 is 14.8 Å². The number of rotatable bonds is 8. The van der Waals surface area contributed by atoms with E-state index >= 15 is 0 Å². The first-order valence-corrected chi connectivity index (χ1v) is 10.5. The number of ether oxygens (including phenoxy) is 2. The van der Waals surface area contributed by atoms with Gasteiger partial charge in [0.15, 0.2) is 6.10 Å². The molecule has 5 heteroatoms. The van der Waals surface area contributed by atoms with Gasteiger partial charge in [-0.25, -0.2) is 0 Å². The van der Waals surface area contributed by atoms with E-state index in [1.54, 1.807) is 0 Å². The third-order valence-corrected chi connectivity index (χ3v) is 5.38. The highest BCUT2D eigenvalue weighted by Crippen LogP contribution is 2.20. The van der Waals surface area contributed by atoms with Gasteiger partial charge in [0, 0.05) is 19.6 Å². The Morgan fingerprint density at radius 2 is 1.83 bits per heavy atom. The number of aryl methyl sites for hydroxylation is 1. The number of carbonyl (C=O) groups is 1. The molecule has 1 amide bonds. The van der Waals surface area contributed by atoms with Gasteiger partial charge in [-0.15, -0.1) is 0 Å². The number of nitrogens with zero attached hydrogens (tertiary/aromatic N) is 1. The fourth-order valence-corrected chi connectivity index (χ4v) is 3.45. The van der Waals surface area contributed by atoms with E-state index in [1.165, 1.54) is 0 Å². The molecular weight excluding hydrogens is 364 g/mol. The van der Waals surface area contributed by atoms with Gasteiger partial charge in [0.25, 0.3) is 5.91 Å². The largest absolute Gasteiger partial charge is 0.490 e. The van der Waals surface area contributed by atoms with Crippen molar-refractivity contribution >= 4 is 5.91 Å². The minimum absolute atomic E-state index is 0.0950. The molecule has 0 unspecified atom stereocenters. The van der Waals surface area contributed by atoms with Gasteiger partial charge in [-0.2, -0.15) is 0 Å². The first kappa shape index (κ1) is 21.2. The second kappa shape index (κ2) is 10.3. The van der Waals surface area contributed by atoms with Crippen LogP contribution in [0.15, 0.2) is 48.5 Å². The average molecular weight is 397 g/mol. The summed E-state index contributed by atoms with van der Waals surface area (Å²) in [6, 6.07) is 15.7. The van der Waals surface area contributed by atoms with Crippen LogP contribution in [0, 0.1) is 6.92 Å². The van der Waals surface area contributed by atoms with E-state index in [4.69, 9.17) is 9.47 Å². The summed E-state index contributed by atoms with van der Waals surface area (Å²) in [7, 11) is 2.15. The summed E-state index contributed by atoms with van der Waals surface area (Å²) >= 11 is 0. The molecule has 0 aliphatic carbocycles. The lowest BCUT2D eigenvalue weighted by molar-refractivity contribution is -0.128. The number of piperidine rings is 1. The predicted molar refractivity (Wildman–Crippen MR) is 115 cm³/mol. The van der Waals surface area contributed by atoms with Crippen molar-refractivity contribution in [2.45, 2.75) is 51.9 Å². The van der Waals surface area contributed by atoms with Crippen LogP contribution in [0.4, 0.5) is 0 Å². The molecular formula is C24H32N2O3. The highest BCUT2D eigenvalue weighted by atomic mass is 16.5.